The van der Waals surface area contributed by atoms with Gasteiger partial charge in [-0.1, -0.05) is 29.3 Å². The summed E-state index contributed by atoms with van der Waals surface area (Å²) >= 11 is 0. The highest BCUT2D eigenvalue weighted by molar-refractivity contribution is 5.96. The van der Waals surface area contributed by atoms with Crippen molar-refractivity contribution in [3.05, 3.63) is 41.5 Å². The summed E-state index contributed by atoms with van der Waals surface area (Å²) in [7, 11) is 0. The van der Waals surface area contributed by atoms with Crippen LogP contribution in [0.3, 0.4) is 0 Å². The van der Waals surface area contributed by atoms with Gasteiger partial charge in [0.25, 0.3) is 0 Å². The minimum atomic E-state index is -0.181. The summed E-state index contributed by atoms with van der Waals surface area (Å²) in [4.78, 5) is 26.0. The summed E-state index contributed by atoms with van der Waals surface area (Å²) in [6.07, 6.45) is 8.45. The van der Waals surface area contributed by atoms with Gasteiger partial charge in [-0.2, -0.15) is 0 Å². The fourth-order valence-electron chi connectivity index (χ4n) is 3.48. The first-order valence-electron chi connectivity index (χ1n) is 9.21. The number of urea groups is 1. The number of allylic oxidation sites excluding steroid dienone is 1. The van der Waals surface area contributed by atoms with E-state index in [-0.39, 0.29) is 18.0 Å². The number of nitrogens with zero attached hydrogens (tertiary/aromatic N) is 1. The van der Waals surface area contributed by atoms with Gasteiger partial charge in [0.1, 0.15) is 0 Å². The number of rotatable bonds is 5. The van der Waals surface area contributed by atoms with Crippen molar-refractivity contribution < 1.29 is 9.59 Å². The lowest BCUT2D eigenvalue weighted by Gasteiger charge is -2.18. The van der Waals surface area contributed by atoms with Gasteiger partial charge >= 0.3 is 6.03 Å². The number of aryl methyl sites for hydroxylation is 1. The van der Waals surface area contributed by atoms with Gasteiger partial charge in [0.15, 0.2) is 0 Å². The molecule has 25 heavy (non-hydrogen) atoms. The van der Waals surface area contributed by atoms with E-state index < -0.39 is 0 Å². The first kappa shape index (κ1) is 17.5. The van der Waals surface area contributed by atoms with Crippen LogP contribution < -0.4 is 15.5 Å². The van der Waals surface area contributed by atoms with E-state index in [4.69, 9.17) is 0 Å². The van der Waals surface area contributed by atoms with E-state index in [0.717, 1.165) is 24.1 Å². The quantitative estimate of drug-likeness (QED) is 0.807. The van der Waals surface area contributed by atoms with E-state index in [9.17, 15) is 9.59 Å². The molecule has 2 aliphatic rings. The normalized spacial score (nSPS) is 20.4. The van der Waals surface area contributed by atoms with E-state index in [1.54, 1.807) is 4.90 Å². The maximum absolute atomic E-state index is 12.2. The number of hydrogen-bond acceptors (Lipinski definition) is 2. The van der Waals surface area contributed by atoms with Gasteiger partial charge in [-0.15, -0.1) is 0 Å². The van der Waals surface area contributed by atoms with E-state index >= 15 is 0 Å². The molecule has 1 atom stereocenters. The molecule has 5 nitrogen and oxygen atoms in total. The van der Waals surface area contributed by atoms with Gasteiger partial charge < -0.3 is 15.5 Å². The molecule has 0 aromatic heterocycles. The van der Waals surface area contributed by atoms with Crippen LogP contribution in [0.2, 0.25) is 0 Å². The standard InChI is InChI=1S/C20H27N3O2/c1-15-7-9-18(10-8-15)23-14-17(13-19(23)24)22-20(25)21-12-11-16-5-3-2-4-6-16/h5,7-10,17H,2-4,6,11-14H2,1H3,(H2,21,22,25)/t17-/m1/s1. The Bertz CT molecular complexity index is 651. The molecule has 2 N–H and O–H groups in total. The second-order valence-corrected chi connectivity index (χ2v) is 7.00. The van der Waals surface area contributed by atoms with Gasteiger partial charge in [-0.05, 0) is 51.2 Å². The van der Waals surface area contributed by atoms with Crippen LogP contribution in [0.25, 0.3) is 0 Å². The van der Waals surface area contributed by atoms with Crippen LogP contribution in [-0.4, -0.2) is 31.1 Å². The van der Waals surface area contributed by atoms with Crippen LogP contribution in [0.5, 0.6) is 0 Å². The van der Waals surface area contributed by atoms with Crippen molar-refractivity contribution in [2.75, 3.05) is 18.0 Å². The molecule has 1 aliphatic carbocycles. The monoisotopic (exact) mass is 341 g/mol. The number of anilines is 1. The summed E-state index contributed by atoms with van der Waals surface area (Å²) in [6.45, 7) is 3.20. The molecule has 134 valence electrons. The molecule has 1 heterocycles. The Balaban J connectivity index is 1.43. The van der Waals surface area contributed by atoms with Crippen molar-refractivity contribution in [1.29, 1.82) is 0 Å². The highest BCUT2D eigenvalue weighted by atomic mass is 16.2. The zero-order chi connectivity index (χ0) is 17.6. The van der Waals surface area contributed by atoms with Crippen LogP contribution in [-0.2, 0) is 4.79 Å². The Hall–Kier alpha value is -2.30. The SMILES string of the molecule is Cc1ccc(N2C[C@H](NC(=O)NCCC3=CCCCC3)CC2=O)cc1. The Morgan fingerprint density at radius 1 is 1.24 bits per heavy atom. The van der Waals surface area contributed by atoms with Crippen LogP contribution >= 0.6 is 0 Å². The Kier molecular flexibility index (Phi) is 5.74. The fourth-order valence-corrected chi connectivity index (χ4v) is 3.48. The molecule has 3 rings (SSSR count). The van der Waals surface area contributed by atoms with Crippen LogP contribution in [0.1, 0.15) is 44.1 Å². The summed E-state index contributed by atoms with van der Waals surface area (Å²) in [5, 5.41) is 5.84. The maximum Gasteiger partial charge on any atom is 0.315 e. The second kappa shape index (κ2) is 8.19. The Morgan fingerprint density at radius 3 is 2.76 bits per heavy atom. The largest absolute Gasteiger partial charge is 0.338 e. The predicted octanol–water partition coefficient (Wildman–Crippen LogP) is 3.29. The highest BCUT2D eigenvalue weighted by Gasteiger charge is 2.31. The van der Waals surface area contributed by atoms with Crippen molar-refractivity contribution in [2.45, 2.75) is 51.5 Å². The van der Waals surface area contributed by atoms with E-state index in [1.165, 1.54) is 24.8 Å². The molecule has 0 spiro atoms. The van der Waals surface area contributed by atoms with Crippen molar-refractivity contribution >= 4 is 17.6 Å². The fraction of sp³-hybridized carbons (Fsp3) is 0.500. The Labute approximate surface area is 149 Å². The lowest BCUT2D eigenvalue weighted by Crippen LogP contribution is -2.43. The summed E-state index contributed by atoms with van der Waals surface area (Å²) in [5.74, 6) is 0.0570. The van der Waals surface area contributed by atoms with Crippen molar-refractivity contribution in [3.63, 3.8) is 0 Å². The molecule has 1 fully saturated rings. The number of nitrogens with one attached hydrogen (secondary N) is 2. The molecule has 0 saturated carbocycles. The highest BCUT2D eigenvalue weighted by Crippen LogP contribution is 2.22. The minimum absolute atomic E-state index is 0.0570. The minimum Gasteiger partial charge on any atom is -0.338 e. The van der Waals surface area contributed by atoms with Gasteiger partial charge in [0.05, 0.1) is 6.04 Å². The molecule has 1 saturated heterocycles. The lowest BCUT2D eigenvalue weighted by atomic mass is 9.97. The van der Waals surface area contributed by atoms with Crippen LogP contribution in [0.15, 0.2) is 35.9 Å². The van der Waals surface area contributed by atoms with Crippen molar-refractivity contribution in [1.82, 2.24) is 10.6 Å². The summed E-state index contributed by atoms with van der Waals surface area (Å²) in [5.41, 5.74) is 3.51. The zero-order valence-corrected chi connectivity index (χ0v) is 14.9. The zero-order valence-electron chi connectivity index (χ0n) is 14.9. The van der Waals surface area contributed by atoms with Gasteiger partial charge in [0.2, 0.25) is 5.91 Å². The van der Waals surface area contributed by atoms with Crippen LogP contribution in [0.4, 0.5) is 10.5 Å². The average molecular weight is 341 g/mol. The molecule has 0 radical (unpaired) electrons. The van der Waals surface area contributed by atoms with E-state index in [0.29, 0.717) is 19.5 Å². The van der Waals surface area contributed by atoms with Gasteiger partial charge in [0, 0.05) is 25.2 Å². The molecule has 0 unspecified atom stereocenters. The molecule has 0 bridgehead atoms. The van der Waals surface area contributed by atoms with Gasteiger partial charge in [-0.3, -0.25) is 4.79 Å². The molecular weight excluding hydrogens is 314 g/mol. The first-order chi connectivity index (χ1) is 12.1. The number of amides is 3. The maximum atomic E-state index is 12.2. The molecule has 3 amide bonds. The molecule has 1 aromatic carbocycles. The molecular formula is C20H27N3O2. The smallest absolute Gasteiger partial charge is 0.315 e. The predicted molar refractivity (Wildman–Crippen MR) is 99.6 cm³/mol. The molecule has 5 heteroatoms. The third-order valence-corrected chi connectivity index (χ3v) is 4.92. The summed E-state index contributed by atoms with van der Waals surface area (Å²) < 4.78 is 0. The molecule has 1 aromatic rings. The third-order valence-electron chi connectivity index (χ3n) is 4.92. The number of carbonyl (C=O) groups excluding carboxylic acids is 2. The van der Waals surface area contributed by atoms with E-state index in [2.05, 4.69) is 16.7 Å². The van der Waals surface area contributed by atoms with Crippen molar-refractivity contribution in [3.8, 4) is 0 Å². The average Bonchev–Trinajstić information content (AvgIpc) is 2.96. The van der Waals surface area contributed by atoms with E-state index in [1.807, 2.05) is 31.2 Å². The number of hydrogen-bond donors (Lipinski definition) is 2. The first-order valence-corrected chi connectivity index (χ1v) is 9.21. The number of benzene rings is 1. The number of carbonyl (C=O) groups is 2. The van der Waals surface area contributed by atoms with Gasteiger partial charge in [-0.25, -0.2) is 4.79 Å². The second-order valence-electron chi connectivity index (χ2n) is 7.00. The van der Waals surface area contributed by atoms with Crippen molar-refractivity contribution in [2.24, 2.45) is 0 Å². The lowest BCUT2D eigenvalue weighted by molar-refractivity contribution is -0.117. The Morgan fingerprint density at radius 2 is 2.04 bits per heavy atom. The summed E-state index contributed by atoms with van der Waals surface area (Å²) in [6, 6.07) is 7.58. The topological polar surface area (TPSA) is 61.4 Å². The third kappa shape index (κ3) is 4.84. The van der Waals surface area contributed by atoms with Crippen LogP contribution in [0, 0.1) is 6.92 Å². The molecule has 1 aliphatic heterocycles.